The molecule has 0 atom stereocenters. The Balaban J connectivity index is 0.000000248. The number of rotatable bonds is 6. The third-order valence-electron chi connectivity index (χ3n) is 4.81. The van der Waals surface area contributed by atoms with Crippen molar-refractivity contribution >= 4 is 34.9 Å². The van der Waals surface area contributed by atoms with E-state index in [1.807, 2.05) is 43.3 Å². The maximum Gasteiger partial charge on any atom is 0.573 e. The van der Waals surface area contributed by atoms with Crippen LogP contribution in [0.25, 0.3) is 17.1 Å². The monoisotopic (exact) mass is 527 g/mol. The molecule has 4 aromatic rings. The van der Waals surface area contributed by atoms with Crippen molar-refractivity contribution in [3.8, 4) is 22.8 Å². The molecule has 0 aliphatic carbocycles. The van der Waals surface area contributed by atoms with Gasteiger partial charge in [0.1, 0.15) is 12.1 Å². The fraction of sp³-hybridized carbons (Fsp3) is 0.120. The first-order valence-electron chi connectivity index (χ1n) is 10.8. The summed E-state index contributed by atoms with van der Waals surface area (Å²) < 4.78 is 41.7. The number of benzene rings is 3. The zero-order valence-electron chi connectivity index (χ0n) is 19.9. The quantitative estimate of drug-likeness (QED) is 0.233. The minimum absolute atomic E-state index is 0.289. The molecule has 1 heterocycles. The molecule has 12 heteroatoms. The Labute approximate surface area is 217 Å². The molecule has 0 amide bonds. The summed E-state index contributed by atoms with van der Waals surface area (Å²) in [4.78, 5) is 6.22. The summed E-state index contributed by atoms with van der Waals surface area (Å²) in [6.07, 6.45) is -2.01. The topological polar surface area (TPSA) is 105 Å². The van der Waals surface area contributed by atoms with Crippen LogP contribution in [-0.4, -0.2) is 46.5 Å². The molecule has 4 N–H and O–H groups in total. The molecule has 37 heavy (non-hydrogen) atoms. The number of alkyl halides is 3. The molecule has 4 rings (SSSR count). The number of nitrogens with two attached hydrogens (primary N) is 1. The highest BCUT2D eigenvalue weighted by atomic mass is 32.1. The van der Waals surface area contributed by atoms with Crippen LogP contribution in [0.5, 0.6) is 5.75 Å². The molecule has 3 aromatic carbocycles. The number of aromatic nitrogens is 3. The van der Waals surface area contributed by atoms with E-state index in [9.17, 15) is 13.2 Å². The molecule has 0 saturated carbocycles. The predicted octanol–water partition coefficient (Wildman–Crippen LogP) is 5.24. The van der Waals surface area contributed by atoms with Gasteiger partial charge in [-0.25, -0.2) is 9.67 Å². The number of hydrogen-bond donors (Lipinski definition) is 3. The van der Waals surface area contributed by atoms with Crippen molar-refractivity contribution in [1.82, 2.24) is 14.8 Å². The highest BCUT2D eigenvalue weighted by Gasteiger charge is 2.31. The molecule has 0 radical (unpaired) electrons. The lowest BCUT2D eigenvalue weighted by atomic mass is 10.1. The minimum atomic E-state index is -4.72. The Bertz CT molecular complexity index is 1320. The summed E-state index contributed by atoms with van der Waals surface area (Å²) in [6, 6.07) is 20.3. The first kappa shape index (κ1) is 27.1. The molecular weight excluding hydrogens is 503 g/mol. The second-order valence-corrected chi connectivity index (χ2v) is 8.19. The normalized spacial score (nSPS) is 10.6. The van der Waals surface area contributed by atoms with Gasteiger partial charge < -0.3 is 26.1 Å². The van der Waals surface area contributed by atoms with Gasteiger partial charge in [0.25, 0.3) is 0 Å². The second kappa shape index (κ2) is 12.0. The van der Waals surface area contributed by atoms with Gasteiger partial charge in [-0.3, -0.25) is 0 Å². The number of hydrogen-bond acceptors (Lipinski definition) is 6. The van der Waals surface area contributed by atoms with Crippen LogP contribution < -0.4 is 20.7 Å². The lowest BCUT2D eigenvalue weighted by Gasteiger charge is -2.12. The summed E-state index contributed by atoms with van der Waals surface area (Å²) in [5, 5.41) is 14.6. The van der Waals surface area contributed by atoms with Gasteiger partial charge in [-0.15, -0.1) is 18.3 Å². The number of nitrogens with one attached hydrogen (secondary N) is 2. The number of ether oxygens (including phenoxy) is 1. The summed E-state index contributed by atoms with van der Waals surface area (Å²) in [5.74, 6) is 0.177. The van der Waals surface area contributed by atoms with E-state index >= 15 is 0 Å². The van der Waals surface area contributed by atoms with Crippen molar-refractivity contribution in [3.05, 3.63) is 84.7 Å². The molecular formula is C25H24F3N7OS. The lowest BCUT2D eigenvalue weighted by Crippen LogP contribution is -2.18. The third-order valence-corrected chi connectivity index (χ3v) is 4.92. The second-order valence-electron chi connectivity index (χ2n) is 7.75. The highest BCUT2D eigenvalue weighted by molar-refractivity contribution is 7.80. The van der Waals surface area contributed by atoms with Crippen LogP contribution in [0.2, 0.25) is 0 Å². The van der Waals surface area contributed by atoms with Gasteiger partial charge >= 0.3 is 6.36 Å². The number of thiocarbonyl (C=S) groups is 1. The molecule has 0 bridgehead atoms. The van der Waals surface area contributed by atoms with Crippen LogP contribution in [0.4, 0.5) is 24.5 Å². The molecule has 192 valence electrons. The van der Waals surface area contributed by atoms with Crippen LogP contribution in [0.15, 0.2) is 79.1 Å². The van der Waals surface area contributed by atoms with Crippen LogP contribution in [0, 0.1) is 5.41 Å². The van der Waals surface area contributed by atoms with E-state index in [-0.39, 0.29) is 10.9 Å². The Hall–Kier alpha value is -4.45. The first-order chi connectivity index (χ1) is 17.5. The fourth-order valence-electron chi connectivity index (χ4n) is 3.03. The smallest absolute Gasteiger partial charge is 0.406 e. The van der Waals surface area contributed by atoms with Gasteiger partial charge in [-0.2, -0.15) is 0 Å². The van der Waals surface area contributed by atoms with Gasteiger partial charge in [0.2, 0.25) is 0 Å². The van der Waals surface area contributed by atoms with Crippen molar-refractivity contribution in [2.45, 2.75) is 6.36 Å². The van der Waals surface area contributed by atoms with E-state index in [0.29, 0.717) is 11.5 Å². The van der Waals surface area contributed by atoms with Crippen LogP contribution in [0.1, 0.15) is 5.56 Å². The lowest BCUT2D eigenvalue weighted by molar-refractivity contribution is -0.274. The van der Waals surface area contributed by atoms with Gasteiger partial charge in [-0.1, -0.05) is 24.3 Å². The van der Waals surface area contributed by atoms with Crippen LogP contribution in [0.3, 0.4) is 0 Å². The Morgan fingerprint density at radius 1 is 1.03 bits per heavy atom. The molecule has 0 aliphatic rings. The van der Waals surface area contributed by atoms with Crippen molar-refractivity contribution in [2.24, 2.45) is 5.73 Å². The van der Waals surface area contributed by atoms with E-state index < -0.39 is 6.36 Å². The largest absolute Gasteiger partial charge is 0.573 e. The summed E-state index contributed by atoms with van der Waals surface area (Å²) >= 11 is 4.72. The Morgan fingerprint density at radius 2 is 1.65 bits per heavy atom. The average molecular weight is 528 g/mol. The van der Waals surface area contributed by atoms with E-state index in [1.165, 1.54) is 41.5 Å². The maximum absolute atomic E-state index is 12.1. The Kier molecular flexibility index (Phi) is 8.80. The molecule has 0 spiro atoms. The third kappa shape index (κ3) is 8.32. The van der Waals surface area contributed by atoms with Gasteiger partial charge in [-0.05, 0) is 66.3 Å². The summed E-state index contributed by atoms with van der Waals surface area (Å²) in [7, 11) is 3.99. The number of halogens is 3. The first-order valence-corrected chi connectivity index (χ1v) is 11.2. The summed E-state index contributed by atoms with van der Waals surface area (Å²) in [5.41, 5.74) is 9.49. The molecule has 0 unspecified atom stereocenters. The highest BCUT2D eigenvalue weighted by Crippen LogP contribution is 2.24. The molecule has 0 saturated heterocycles. The molecule has 0 fully saturated rings. The minimum Gasteiger partial charge on any atom is -0.406 e. The van der Waals surface area contributed by atoms with E-state index in [0.717, 1.165) is 22.5 Å². The van der Waals surface area contributed by atoms with Crippen molar-refractivity contribution in [2.75, 3.05) is 24.3 Å². The fourth-order valence-corrected chi connectivity index (χ4v) is 3.15. The van der Waals surface area contributed by atoms with E-state index in [4.69, 9.17) is 23.4 Å². The van der Waals surface area contributed by atoms with E-state index in [2.05, 4.69) is 20.1 Å². The molecule has 8 nitrogen and oxygen atoms in total. The number of nitrogens with zero attached hydrogens (tertiary/aromatic N) is 4. The van der Waals surface area contributed by atoms with E-state index in [1.54, 1.807) is 24.3 Å². The Morgan fingerprint density at radius 3 is 2.16 bits per heavy atom. The predicted molar refractivity (Wildman–Crippen MR) is 143 cm³/mol. The standard InChI is InChI=1S/C16H11F3N4O.C9H13N3S/c17-16(18,19)24-14-7-5-13(6-8-14)23-10-21-15(22-23)12-3-1-11(9-20)2-4-12;1-12(2)8-5-3-7(4-6-8)11-9(10)13/h1-10,20H;3-6H,1-2H3,(H3,10,11,13). The van der Waals surface area contributed by atoms with Crippen molar-refractivity contribution in [3.63, 3.8) is 0 Å². The van der Waals surface area contributed by atoms with Gasteiger partial charge in [0.05, 0.1) is 5.69 Å². The van der Waals surface area contributed by atoms with Crippen molar-refractivity contribution < 1.29 is 17.9 Å². The number of anilines is 2. The zero-order valence-corrected chi connectivity index (χ0v) is 20.7. The van der Waals surface area contributed by atoms with Crippen molar-refractivity contribution in [1.29, 1.82) is 5.41 Å². The summed E-state index contributed by atoms with van der Waals surface area (Å²) in [6.45, 7) is 0. The van der Waals surface area contributed by atoms with Gasteiger partial charge in [0.15, 0.2) is 10.9 Å². The average Bonchev–Trinajstić information content (AvgIpc) is 3.34. The molecule has 0 aliphatic heterocycles. The SMILES string of the molecule is CN(C)c1ccc(NC(N)=S)cc1.N=Cc1ccc(-c2ncn(-c3ccc(OC(F)(F)F)cc3)n2)cc1. The van der Waals surface area contributed by atoms with Crippen LogP contribution in [-0.2, 0) is 0 Å². The van der Waals surface area contributed by atoms with Crippen LogP contribution >= 0.6 is 12.2 Å². The maximum atomic E-state index is 12.1. The molecule has 1 aromatic heterocycles. The zero-order chi connectivity index (χ0) is 27.0. The van der Waals surface area contributed by atoms with Gasteiger partial charge in [0, 0.05) is 37.2 Å².